The maximum atomic E-state index is 13.4. The minimum absolute atomic E-state index is 0.0375. The van der Waals surface area contributed by atoms with Crippen molar-refractivity contribution in [3.05, 3.63) is 34.5 Å². The summed E-state index contributed by atoms with van der Waals surface area (Å²) in [6.45, 7) is 2.68. The molecule has 6 heteroatoms. The SMILES string of the molecule is CO[C@H]1CC[C@@]2(OC)CCN(C(=O)c3[nH]c4ccc(Cl)cc4c3C)[C@H]2C1. The van der Waals surface area contributed by atoms with Crippen molar-refractivity contribution in [2.45, 2.75) is 50.4 Å². The highest BCUT2D eigenvalue weighted by Crippen LogP contribution is 2.43. The fraction of sp³-hybridized carbons (Fsp3) is 0.550. The number of carbonyl (C=O) groups is 1. The maximum absolute atomic E-state index is 13.4. The molecule has 3 atom stereocenters. The van der Waals surface area contributed by atoms with Crippen LogP contribution in [0.5, 0.6) is 0 Å². The Morgan fingerprint density at radius 1 is 1.35 bits per heavy atom. The summed E-state index contributed by atoms with van der Waals surface area (Å²) in [7, 11) is 3.52. The Hall–Kier alpha value is -1.56. The fourth-order valence-corrected chi connectivity index (χ4v) is 4.95. The highest BCUT2D eigenvalue weighted by atomic mass is 35.5. The van der Waals surface area contributed by atoms with Crippen molar-refractivity contribution in [3.8, 4) is 0 Å². The van der Waals surface area contributed by atoms with Gasteiger partial charge < -0.3 is 19.4 Å². The van der Waals surface area contributed by atoms with Gasteiger partial charge >= 0.3 is 0 Å². The summed E-state index contributed by atoms with van der Waals surface area (Å²) >= 11 is 6.13. The van der Waals surface area contributed by atoms with Crippen LogP contribution in [0.25, 0.3) is 10.9 Å². The average Bonchev–Trinajstić information content (AvgIpc) is 3.19. The number of amides is 1. The number of methoxy groups -OCH3 is 2. The summed E-state index contributed by atoms with van der Waals surface area (Å²) in [4.78, 5) is 18.7. The van der Waals surface area contributed by atoms with Crippen LogP contribution in [0.3, 0.4) is 0 Å². The highest BCUT2D eigenvalue weighted by Gasteiger charge is 2.53. The molecular formula is C20H25ClN2O3. The molecule has 140 valence electrons. The van der Waals surface area contributed by atoms with E-state index < -0.39 is 0 Å². The Morgan fingerprint density at radius 2 is 2.15 bits per heavy atom. The van der Waals surface area contributed by atoms with Gasteiger partial charge in [-0.2, -0.15) is 0 Å². The Balaban J connectivity index is 1.69. The van der Waals surface area contributed by atoms with Crippen molar-refractivity contribution < 1.29 is 14.3 Å². The molecule has 0 unspecified atom stereocenters. The number of nitrogens with zero attached hydrogens (tertiary/aromatic N) is 1. The molecular weight excluding hydrogens is 352 g/mol. The smallest absolute Gasteiger partial charge is 0.270 e. The zero-order valence-corrected chi connectivity index (χ0v) is 16.2. The van der Waals surface area contributed by atoms with Gasteiger partial charge in [0, 0.05) is 36.7 Å². The normalized spacial score (nSPS) is 28.5. The van der Waals surface area contributed by atoms with Crippen LogP contribution in [0.2, 0.25) is 5.02 Å². The number of benzene rings is 1. The standard InChI is InChI=1S/C20H25ClN2O3/c1-12-15-10-13(21)4-5-16(15)22-18(12)19(24)23-9-8-20(26-3)7-6-14(25-2)11-17(20)23/h4-5,10,14,17,22H,6-9,11H2,1-3H3/t14-,17-,20+/m0/s1. The van der Waals surface area contributed by atoms with Crippen molar-refractivity contribution in [2.75, 3.05) is 20.8 Å². The molecule has 2 heterocycles. The van der Waals surface area contributed by atoms with Crippen molar-refractivity contribution in [2.24, 2.45) is 0 Å². The second-order valence-corrected chi connectivity index (χ2v) is 7.92. The zero-order chi connectivity index (χ0) is 18.5. The average molecular weight is 377 g/mol. The number of hydrogen-bond donors (Lipinski definition) is 1. The third kappa shape index (κ3) is 2.65. The molecule has 1 aliphatic carbocycles. The van der Waals surface area contributed by atoms with E-state index in [1.54, 1.807) is 14.2 Å². The predicted octanol–water partition coefficient (Wildman–Crippen LogP) is 3.93. The number of ether oxygens (including phenoxy) is 2. The van der Waals surface area contributed by atoms with Gasteiger partial charge in [0.1, 0.15) is 5.69 Å². The number of rotatable bonds is 3. The first-order chi connectivity index (χ1) is 12.5. The Bertz CT molecular complexity index is 849. The lowest BCUT2D eigenvalue weighted by atomic mass is 9.79. The summed E-state index contributed by atoms with van der Waals surface area (Å²) in [5.41, 5.74) is 2.29. The minimum atomic E-state index is -0.242. The van der Waals surface area contributed by atoms with E-state index in [2.05, 4.69) is 4.98 Å². The van der Waals surface area contributed by atoms with E-state index >= 15 is 0 Å². The fourth-order valence-electron chi connectivity index (χ4n) is 4.78. The first-order valence-corrected chi connectivity index (χ1v) is 9.53. The van der Waals surface area contributed by atoms with E-state index in [0.717, 1.165) is 42.1 Å². The van der Waals surface area contributed by atoms with Gasteiger partial charge in [-0.3, -0.25) is 4.79 Å². The van der Waals surface area contributed by atoms with E-state index in [4.69, 9.17) is 21.1 Å². The van der Waals surface area contributed by atoms with Crippen molar-refractivity contribution >= 4 is 28.4 Å². The van der Waals surface area contributed by atoms with Gasteiger partial charge in [-0.1, -0.05) is 11.6 Å². The molecule has 1 aromatic heterocycles. The summed E-state index contributed by atoms with van der Waals surface area (Å²) in [6, 6.07) is 5.72. The number of carbonyl (C=O) groups excluding carboxylic acids is 1. The first-order valence-electron chi connectivity index (χ1n) is 9.16. The molecule has 1 saturated carbocycles. The molecule has 0 radical (unpaired) electrons. The van der Waals surface area contributed by atoms with Gasteiger partial charge in [0.15, 0.2) is 0 Å². The topological polar surface area (TPSA) is 54.6 Å². The lowest BCUT2D eigenvalue weighted by molar-refractivity contribution is -0.0894. The molecule has 0 bridgehead atoms. The third-order valence-corrected chi connectivity index (χ3v) is 6.61. The molecule has 1 amide bonds. The van der Waals surface area contributed by atoms with Gasteiger partial charge in [-0.15, -0.1) is 0 Å². The van der Waals surface area contributed by atoms with Crippen molar-refractivity contribution in [3.63, 3.8) is 0 Å². The minimum Gasteiger partial charge on any atom is -0.381 e. The van der Waals surface area contributed by atoms with Gasteiger partial charge in [0.2, 0.25) is 0 Å². The molecule has 1 aromatic carbocycles. The maximum Gasteiger partial charge on any atom is 0.270 e. The predicted molar refractivity (Wildman–Crippen MR) is 102 cm³/mol. The number of aromatic amines is 1. The Morgan fingerprint density at radius 3 is 2.88 bits per heavy atom. The van der Waals surface area contributed by atoms with E-state index in [-0.39, 0.29) is 23.7 Å². The number of likely N-dealkylation sites (tertiary alicyclic amines) is 1. The molecule has 4 rings (SSSR count). The number of H-pyrrole nitrogens is 1. The van der Waals surface area contributed by atoms with Gasteiger partial charge in [-0.05, 0) is 56.4 Å². The van der Waals surface area contributed by atoms with Gasteiger partial charge in [0.25, 0.3) is 5.91 Å². The van der Waals surface area contributed by atoms with Crippen LogP contribution in [0.1, 0.15) is 41.7 Å². The summed E-state index contributed by atoms with van der Waals surface area (Å²) in [5.74, 6) is 0.0375. The molecule has 2 fully saturated rings. The van der Waals surface area contributed by atoms with Crippen LogP contribution in [-0.2, 0) is 9.47 Å². The molecule has 5 nitrogen and oxygen atoms in total. The zero-order valence-electron chi connectivity index (χ0n) is 15.5. The summed E-state index contributed by atoms with van der Waals surface area (Å²) in [6.07, 6.45) is 3.78. The van der Waals surface area contributed by atoms with Gasteiger partial charge in [-0.25, -0.2) is 0 Å². The lowest BCUT2D eigenvalue weighted by Crippen LogP contribution is -2.53. The van der Waals surface area contributed by atoms with E-state index in [1.165, 1.54) is 0 Å². The highest BCUT2D eigenvalue weighted by molar-refractivity contribution is 6.31. The van der Waals surface area contributed by atoms with Crippen LogP contribution < -0.4 is 0 Å². The van der Waals surface area contributed by atoms with Crippen LogP contribution >= 0.6 is 11.6 Å². The number of aromatic nitrogens is 1. The second kappa shape index (κ2) is 6.55. The van der Waals surface area contributed by atoms with Crippen LogP contribution in [-0.4, -0.2) is 54.3 Å². The van der Waals surface area contributed by atoms with Crippen molar-refractivity contribution in [1.29, 1.82) is 0 Å². The first kappa shape index (κ1) is 17.8. The number of hydrogen-bond acceptors (Lipinski definition) is 3. The lowest BCUT2D eigenvalue weighted by Gasteiger charge is -2.43. The van der Waals surface area contributed by atoms with E-state index in [0.29, 0.717) is 17.3 Å². The second-order valence-electron chi connectivity index (χ2n) is 7.48. The molecule has 1 saturated heterocycles. The largest absolute Gasteiger partial charge is 0.381 e. The number of aryl methyl sites for hydroxylation is 1. The molecule has 26 heavy (non-hydrogen) atoms. The van der Waals surface area contributed by atoms with Crippen LogP contribution in [0.15, 0.2) is 18.2 Å². The third-order valence-electron chi connectivity index (χ3n) is 6.37. The Kier molecular flexibility index (Phi) is 4.49. The van der Waals surface area contributed by atoms with E-state index in [1.807, 2.05) is 30.0 Å². The number of halogens is 1. The number of nitrogens with one attached hydrogen (secondary N) is 1. The Labute approximate surface area is 158 Å². The van der Waals surface area contributed by atoms with Gasteiger partial charge in [0.05, 0.1) is 17.7 Å². The molecule has 2 aliphatic rings. The van der Waals surface area contributed by atoms with Crippen LogP contribution in [0, 0.1) is 6.92 Å². The quantitative estimate of drug-likeness (QED) is 0.883. The molecule has 1 N–H and O–H groups in total. The summed E-state index contributed by atoms with van der Waals surface area (Å²) in [5, 5.41) is 1.67. The molecule has 1 aliphatic heterocycles. The summed E-state index contributed by atoms with van der Waals surface area (Å²) < 4.78 is 11.5. The van der Waals surface area contributed by atoms with Crippen molar-refractivity contribution in [1.82, 2.24) is 9.88 Å². The molecule has 2 aromatic rings. The van der Waals surface area contributed by atoms with Crippen LogP contribution in [0.4, 0.5) is 0 Å². The monoisotopic (exact) mass is 376 g/mol. The molecule has 0 spiro atoms. The number of fused-ring (bicyclic) bond motifs is 2. The van der Waals surface area contributed by atoms with E-state index in [9.17, 15) is 4.79 Å².